The van der Waals surface area contributed by atoms with Crippen LogP contribution in [0.15, 0.2) is 18.2 Å². The molecule has 0 amide bonds. The molecule has 1 atom stereocenters. The summed E-state index contributed by atoms with van der Waals surface area (Å²) >= 11 is 0. The molecule has 5 nitrogen and oxygen atoms in total. The number of methoxy groups -OCH3 is 1. The van der Waals surface area contributed by atoms with Crippen molar-refractivity contribution in [3.8, 4) is 5.75 Å². The lowest BCUT2D eigenvalue weighted by atomic mass is 10.1. The summed E-state index contributed by atoms with van der Waals surface area (Å²) < 4.78 is 5.11. The Hall–Kier alpha value is -1.78. The predicted molar refractivity (Wildman–Crippen MR) is 74.7 cm³/mol. The van der Waals surface area contributed by atoms with E-state index in [1.165, 1.54) is 26.0 Å². The van der Waals surface area contributed by atoms with Gasteiger partial charge >= 0.3 is 0 Å². The standard InChI is InChI=1S/C14H20N2O3/c1-3-11(6-10-4-5-10)15-12-7-13(16(17)18)9-14(8-12)19-2/h7-11,15H,3-6H2,1-2H3. The second kappa shape index (κ2) is 5.91. The molecular formula is C14H20N2O3. The molecule has 0 radical (unpaired) electrons. The number of nitrogens with zero attached hydrogens (tertiary/aromatic N) is 1. The number of hydrogen-bond donors (Lipinski definition) is 1. The first-order valence-corrected chi connectivity index (χ1v) is 6.72. The summed E-state index contributed by atoms with van der Waals surface area (Å²) in [5.41, 5.74) is 0.821. The maximum absolute atomic E-state index is 10.9. The van der Waals surface area contributed by atoms with Crippen LogP contribution < -0.4 is 10.1 Å². The Morgan fingerprint density at radius 1 is 1.47 bits per heavy atom. The van der Waals surface area contributed by atoms with E-state index in [1.54, 1.807) is 6.07 Å². The Morgan fingerprint density at radius 2 is 2.21 bits per heavy atom. The van der Waals surface area contributed by atoms with Crippen LogP contribution in [0, 0.1) is 16.0 Å². The van der Waals surface area contributed by atoms with Crippen molar-refractivity contribution in [2.75, 3.05) is 12.4 Å². The zero-order chi connectivity index (χ0) is 13.8. The molecule has 0 aromatic heterocycles. The van der Waals surface area contributed by atoms with Gasteiger partial charge in [0, 0.05) is 23.9 Å². The zero-order valence-corrected chi connectivity index (χ0v) is 11.4. The number of anilines is 1. The van der Waals surface area contributed by atoms with E-state index in [0.29, 0.717) is 11.8 Å². The van der Waals surface area contributed by atoms with E-state index < -0.39 is 4.92 Å². The maximum Gasteiger partial charge on any atom is 0.275 e. The largest absolute Gasteiger partial charge is 0.496 e. The topological polar surface area (TPSA) is 64.4 Å². The molecule has 1 N–H and O–H groups in total. The number of nitrogens with one attached hydrogen (secondary N) is 1. The number of ether oxygens (including phenoxy) is 1. The van der Waals surface area contributed by atoms with E-state index >= 15 is 0 Å². The number of rotatable bonds is 7. The minimum absolute atomic E-state index is 0.0584. The van der Waals surface area contributed by atoms with Crippen molar-refractivity contribution in [3.05, 3.63) is 28.3 Å². The highest BCUT2D eigenvalue weighted by Gasteiger charge is 2.25. The molecule has 1 aromatic carbocycles. The molecule has 1 aromatic rings. The van der Waals surface area contributed by atoms with Gasteiger partial charge in [-0.25, -0.2) is 0 Å². The summed E-state index contributed by atoms with van der Waals surface area (Å²) in [7, 11) is 1.52. The lowest BCUT2D eigenvalue weighted by Crippen LogP contribution is -2.19. The van der Waals surface area contributed by atoms with Gasteiger partial charge in [-0.15, -0.1) is 0 Å². The lowest BCUT2D eigenvalue weighted by Gasteiger charge is -2.18. The van der Waals surface area contributed by atoms with Gasteiger partial charge in [-0.3, -0.25) is 10.1 Å². The molecule has 1 saturated carbocycles. The molecule has 19 heavy (non-hydrogen) atoms. The van der Waals surface area contributed by atoms with Crippen LogP contribution >= 0.6 is 0 Å². The van der Waals surface area contributed by atoms with Crippen LogP contribution in [-0.2, 0) is 0 Å². The molecule has 1 fully saturated rings. The third kappa shape index (κ3) is 3.84. The van der Waals surface area contributed by atoms with Crippen LogP contribution in [0.5, 0.6) is 5.75 Å². The molecule has 0 bridgehead atoms. The molecule has 0 aliphatic heterocycles. The SMILES string of the molecule is CCC(CC1CC1)Nc1cc(OC)cc([N+](=O)[O-])c1. The van der Waals surface area contributed by atoms with E-state index in [0.717, 1.165) is 24.4 Å². The van der Waals surface area contributed by atoms with Crippen molar-refractivity contribution in [1.29, 1.82) is 0 Å². The average Bonchev–Trinajstić information content (AvgIpc) is 3.21. The third-order valence-corrected chi connectivity index (χ3v) is 3.52. The van der Waals surface area contributed by atoms with Crippen molar-refractivity contribution in [1.82, 2.24) is 0 Å². The van der Waals surface area contributed by atoms with Gasteiger partial charge < -0.3 is 10.1 Å². The lowest BCUT2D eigenvalue weighted by molar-refractivity contribution is -0.384. The van der Waals surface area contributed by atoms with E-state index in [9.17, 15) is 10.1 Å². The number of benzene rings is 1. The first-order valence-electron chi connectivity index (χ1n) is 6.72. The number of nitro groups is 1. The van der Waals surface area contributed by atoms with Gasteiger partial charge in [0.05, 0.1) is 18.1 Å². The molecular weight excluding hydrogens is 244 g/mol. The van der Waals surface area contributed by atoms with Crippen LogP contribution in [0.1, 0.15) is 32.6 Å². The molecule has 1 aliphatic carbocycles. The van der Waals surface area contributed by atoms with Crippen molar-refractivity contribution in [2.24, 2.45) is 5.92 Å². The molecule has 2 rings (SSSR count). The molecule has 0 saturated heterocycles. The van der Waals surface area contributed by atoms with E-state index in [1.807, 2.05) is 6.07 Å². The summed E-state index contributed by atoms with van der Waals surface area (Å²) in [4.78, 5) is 10.5. The number of non-ortho nitro benzene ring substituents is 1. The second-order valence-electron chi connectivity index (χ2n) is 5.11. The van der Waals surface area contributed by atoms with Crippen LogP contribution in [0.2, 0.25) is 0 Å². The Balaban J connectivity index is 2.12. The molecule has 1 aliphatic rings. The van der Waals surface area contributed by atoms with Crippen LogP contribution in [0.25, 0.3) is 0 Å². The Kier molecular flexibility index (Phi) is 4.24. The number of nitro benzene ring substituents is 1. The summed E-state index contributed by atoms with van der Waals surface area (Å²) in [6.45, 7) is 2.13. The summed E-state index contributed by atoms with van der Waals surface area (Å²) in [5, 5.41) is 14.3. The normalized spacial score (nSPS) is 15.9. The van der Waals surface area contributed by atoms with Crippen LogP contribution in [0.4, 0.5) is 11.4 Å². The molecule has 0 heterocycles. The van der Waals surface area contributed by atoms with Crippen molar-refractivity contribution < 1.29 is 9.66 Å². The first kappa shape index (κ1) is 13.6. The average molecular weight is 264 g/mol. The van der Waals surface area contributed by atoms with Gasteiger partial charge in [0.2, 0.25) is 0 Å². The highest BCUT2D eigenvalue weighted by atomic mass is 16.6. The van der Waals surface area contributed by atoms with Crippen LogP contribution in [-0.4, -0.2) is 18.1 Å². The summed E-state index contributed by atoms with van der Waals surface area (Å²) in [5.74, 6) is 1.34. The minimum atomic E-state index is -0.393. The maximum atomic E-state index is 10.9. The fourth-order valence-corrected chi connectivity index (χ4v) is 2.21. The van der Waals surface area contributed by atoms with E-state index in [2.05, 4.69) is 12.2 Å². The Labute approximate surface area is 113 Å². The minimum Gasteiger partial charge on any atom is -0.496 e. The van der Waals surface area contributed by atoms with Crippen molar-refractivity contribution in [2.45, 2.75) is 38.6 Å². The molecule has 104 valence electrons. The van der Waals surface area contributed by atoms with Gasteiger partial charge in [-0.1, -0.05) is 19.8 Å². The van der Waals surface area contributed by atoms with Crippen molar-refractivity contribution >= 4 is 11.4 Å². The predicted octanol–water partition coefficient (Wildman–Crippen LogP) is 3.59. The Bertz CT molecular complexity index is 458. The fraction of sp³-hybridized carbons (Fsp3) is 0.571. The van der Waals surface area contributed by atoms with Gasteiger partial charge in [0.15, 0.2) is 0 Å². The second-order valence-corrected chi connectivity index (χ2v) is 5.11. The van der Waals surface area contributed by atoms with Crippen molar-refractivity contribution in [3.63, 3.8) is 0 Å². The number of hydrogen-bond acceptors (Lipinski definition) is 4. The van der Waals surface area contributed by atoms with E-state index in [-0.39, 0.29) is 5.69 Å². The molecule has 5 heteroatoms. The Morgan fingerprint density at radius 3 is 2.74 bits per heavy atom. The smallest absolute Gasteiger partial charge is 0.275 e. The van der Waals surface area contributed by atoms with Gasteiger partial charge in [-0.05, 0) is 18.8 Å². The summed E-state index contributed by atoms with van der Waals surface area (Å²) in [6.07, 6.45) is 4.79. The van der Waals surface area contributed by atoms with E-state index in [4.69, 9.17) is 4.74 Å². The highest BCUT2D eigenvalue weighted by molar-refractivity contribution is 5.56. The molecule has 0 spiro atoms. The van der Waals surface area contributed by atoms with Crippen LogP contribution in [0.3, 0.4) is 0 Å². The molecule has 1 unspecified atom stereocenters. The third-order valence-electron chi connectivity index (χ3n) is 3.52. The van der Waals surface area contributed by atoms with Gasteiger partial charge in [0.1, 0.15) is 5.75 Å². The quantitative estimate of drug-likeness (QED) is 0.603. The monoisotopic (exact) mass is 264 g/mol. The zero-order valence-electron chi connectivity index (χ0n) is 11.4. The van der Waals surface area contributed by atoms with Gasteiger partial charge in [-0.2, -0.15) is 0 Å². The van der Waals surface area contributed by atoms with Gasteiger partial charge in [0.25, 0.3) is 5.69 Å². The first-order chi connectivity index (χ1) is 9.12. The summed E-state index contributed by atoms with van der Waals surface area (Å²) in [6, 6.07) is 5.19. The highest BCUT2D eigenvalue weighted by Crippen LogP contribution is 2.35. The fourth-order valence-electron chi connectivity index (χ4n) is 2.21.